The molecule has 2 heterocycles. The van der Waals surface area contributed by atoms with Gasteiger partial charge in [0.25, 0.3) is 12.4 Å². The van der Waals surface area contributed by atoms with Crippen molar-refractivity contribution < 1.29 is 14.3 Å². The summed E-state index contributed by atoms with van der Waals surface area (Å²) in [6, 6.07) is 36.9. The molecule has 4 aromatic rings. The Labute approximate surface area is 266 Å². The Bertz CT molecular complexity index is 1740. The lowest BCUT2D eigenvalue weighted by Crippen LogP contribution is -2.30. The van der Waals surface area contributed by atoms with E-state index in [0.717, 1.165) is 24.0 Å². The lowest BCUT2D eigenvalue weighted by Gasteiger charge is -2.27. The molecule has 2 atom stereocenters. The summed E-state index contributed by atoms with van der Waals surface area (Å²) in [4.78, 5) is 27.8. The highest BCUT2D eigenvalue weighted by molar-refractivity contribution is 8.26. The number of anilines is 2. The standard InChI is InChI=1S/C37H30N2O3S2/c40-24-42-23-38-36(41)35(44-37(38)43)22-26-16-19-34-32(21-26)30-12-7-13-33(30)39(34)29-17-14-25(15-18-29)20-31(27-8-3-1-4-9-27)28-10-5-2-6-11-28/h1-6,8-11,14-22,24,30,33H,7,12-13,23H2/b35-22+. The smallest absolute Gasteiger partial charge is 0.294 e. The van der Waals surface area contributed by atoms with Gasteiger partial charge in [0.05, 0.1) is 4.91 Å². The maximum Gasteiger partial charge on any atom is 0.294 e. The Kier molecular flexibility index (Phi) is 7.90. The topological polar surface area (TPSA) is 49.9 Å². The van der Waals surface area contributed by atoms with Crippen LogP contribution in [-0.2, 0) is 14.3 Å². The molecule has 7 heteroatoms. The zero-order valence-corrected chi connectivity index (χ0v) is 25.6. The second-order valence-corrected chi connectivity index (χ2v) is 12.9. The third-order valence-corrected chi connectivity index (χ3v) is 9.99. The van der Waals surface area contributed by atoms with E-state index in [1.54, 1.807) is 0 Å². The third kappa shape index (κ3) is 5.38. The molecule has 0 radical (unpaired) electrons. The second kappa shape index (κ2) is 12.3. The predicted molar refractivity (Wildman–Crippen MR) is 182 cm³/mol. The first kappa shape index (κ1) is 28.3. The van der Waals surface area contributed by atoms with Gasteiger partial charge in [0.1, 0.15) is 0 Å². The maximum atomic E-state index is 12.9. The molecule has 218 valence electrons. The first-order valence-electron chi connectivity index (χ1n) is 14.8. The van der Waals surface area contributed by atoms with Gasteiger partial charge in [-0.05, 0) is 82.6 Å². The van der Waals surface area contributed by atoms with Gasteiger partial charge in [-0.3, -0.25) is 14.5 Å². The number of thiocarbonyl (C=S) groups is 1. The van der Waals surface area contributed by atoms with E-state index in [1.165, 1.54) is 56.7 Å². The Hall–Kier alpha value is -4.46. The van der Waals surface area contributed by atoms with Crippen molar-refractivity contribution in [2.75, 3.05) is 11.6 Å². The number of nitrogens with zero attached hydrogens (tertiary/aromatic N) is 2. The number of carbonyl (C=O) groups is 2. The fourth-order valence-corrected chi connectivity index (χ4v) is 7.87. The van der Waals surface area contributed by atoms with Crippen LogP contribution in [0, 0.1) is 0 Å². The number of hydrogen-bond acceptors (Lipinski definition) is 6. The second-order valence-electron chi connectivity index (χ2n) is 11.2. The molecule has 0 bridgehead atoms. The zero-order valence-electron chi connectivity index (χ0n) is 24.0. The number of rotatable bonds is 8. The van der Waals surface area contributed by atoms with Crippen LogP contribution in [0.5, 0.6) is 0 Å². The third-order valence-electron chi connectivity index (χ3n) is 8.62. The van der Waals surface area contributed by atoms with Crippen LogP contribution in [0.4, 0.5) is 11.4 Å². The van der Waals surface area contributed by atoms with E-state index in [2.05, 4.69) is 102 Å². The molecule has 2 fully saturated rings. The summed E-state index contributed by atoms with van der Waals surface area (Å²) in [6.07, 6.45) is 7.66. The van der Waals surface area contributed by atoms with E-state index in [4.69, 9.17) is 17.0 Å². The summed E-state index contributed by atoms with van der Waals surface area (Å²) in [5, 5.41) is 0. The van der Waals surface area contributed by atoms with Crippen LogP contribution in [0.25, 0.3) is 17.7 Å². The first-order valence-corrected chi connectivity index (χ1v) is 16.0. The zero-order chi connectivity index (χ0) is 30.0. The van der Waals surface area contributed by atoms with E-state index in [1.807, 2.05) is 18.2 Å². The van der Waals surface area contributed by atoms with Crippen LogP contribution in [0.2, 0.25) is 0 Å². The Balaban J connectivity index is 1.18. The van der Waals surface area contributed by atoms with E-state index in [-0.39, 0.29) is 12.6 Å². The van der Waals surface area contributed by atoms with Crippen LogP contribution in [-0.4, -0.2) is 34.4 Å². The molecule has 0 N–H and O–H groups in total. The SMILES string of the molecule is O=COCN1C(=O)/C(=C\c2ccc3c(c2)C2CCCC2N3c2ccc(C=C(c3ccccc3)c3ccccc3)cc2)SC1=S. The van der Waals surface area contributed by atoms with Crippen LogP contribution in [0.15, 0.2) is 108 Å². The Morgan fingerprint density at radius 3 is 2.25 bits per heavy atom. The quantitative estimate of drug-likeness (QED) is 0.0860. The lowest BCUT2D eigenvalue weighted by atomic mass is 9.95. The van der Waals surface area contributed by atoms with E-state index in [0.29, 0.717) is 27.7 Å². The van der Waals surface area contributed by atoms with Crippen LogP contribution in [0.3, 0.4) is 0 Å². The molecule has 4 aromatic carbocycles. The van der Waals surface area contributed by atoms with Gasteiger partial charge in [0.15, 0.2) is 11.1 Å². The van der Waals surface area contributed by atoms with E-state index < -0.39 is 0 Å². The normalized spacial score (nSPS) is 19.7. The number of ether oxygens (including phenoxy) is 1. The van der Waals surface area contributed by atoms with Gasteiger partial charge in [-0.2, -0.15) is 0 Å². The molecule has 1 amide bonds. The summed E-state index contributed by atoms with van der Waals surface area (Å²) in [5.74, 6) is 0.218. The summed E-state index contributed by atoms with van der Waals surface area (Å²) in [7, 11) is 0. The molecule has 0 spiro atoms. The van der Waals surface area contributed by atoms with Crippen molar-refractivity contribution in [2.45, 2.75) is 31.2 Å². The highest BCUT2D eigenvalue weighted by Gasteiger charge is 2.42. The van der Waals surface area contributed by atoms with Gasteiger partial charge in [-0.15, -0.1) is 0 Å². The number of benzene rings is 4. The molecule has 5 nitrogen and oxygen atoms in total. The lowest BCUT2D eigenvalue weighted by molar-refractivity contribution is -0.135. The highest BCUT2D eigenvalue weighted by atomic mass is 32.2. The predicted octanol–water partition coefficient (Wildman–Crippen LogP) is 8.40. The van der Waals surface area contributed by atoms with Gasteiger partial charge in [0.2, 0.25) is 0 Å². The van der Waals surface area contributed by atoms with Gasteiger partial charge in [-0.25, -0.2) is 0 Å². The van der Waals surface area contributed by atoms with E-state index in [9.17, 15) is 9.59 Å². The molecular weight excluding hydrogens is 585 g/mol. The summed E-state index contributed by atoms with van der Waals surface area (Å²) in [6.45, 7) is 0.159. The van der Waals surface area contributed by atoms with Crippen molar-refractivity contribution >= 4 is 69.8 Å². The molecule has 1 saturated heterocycles. The van der Waals surface area contributed by atoms with Gasteiger partial charge in [0, 0.05) is 23.3 Å². The molecular formula is C37H30N2O3S2. The van der Waals surface area contributed by atoms with E-state index >= 15 is 0 Å². The average Bonchev–Trinajstić information content (AvgIpc) is 3.73. The molecule has 1 aliphatic carbocycles. The number of thioether (sulfide) groups is 1. The minimum Gasteiger partial charge on any atom is -0.446 e. The highest BCUT2D eigenvalue weighted by Crippen LogP contribution is 2.52. The van der Waals surface area contributed by atoms with Crippen LogP contribution >= 0.6 is 24.0 Å². The summed E-state index contributed by atoms with van der Waals surface area (Å²) in [5.41, 5.74) is 9.48. The monoisotopic (exact) mass is 614 g/mol. The van der Waals surface area contributed by atoms with Crippen molar-refractivity contribution in [3.8, 4) is 0 Å². The molecule has 7 rings (SSSR count). The molecule has 0 aromatic heterocycles. The Morgan fingerprint density at radius 2 is 1.57 bits per heavy atom. The molecule has 2 unspecified atom stereocenters. The first-order chi connectivity index (χ1) is 21.6. The Morgan fingerprint density at radius 1 is 0.886 bits per heavy atom. The largest absolute Gasteiger partial charge is 0.446 e. The number of hydrogen-bond donors (Lipinski definition) is 0. The number of fused-ring (bicyclic) bond motifs is 3. The fourth-order valence-electron chi connectivity index (χ4n) is 6.63. The van der Waals surface area contributed by atoms with Crippen LogP contribution in [0.1, 0.15) is 53.0 Å². The van der Waals surface area contributed by atoms with Crippen molar-refractivity contribution in [1.29, 1.82) is 0 Å². The van der Waals surface area contributed by atoms with Gasteiger partial charge in [-0.1, -0.05) is 109 Å². The molecule has 3 aliphatic rings. The minimum absolute atomic E-state index is 0.164. The van der Waals surface area contributed by atoms with Crippen molar-refractivity contribution in [3.05, 3.63) is 136 Å². The summed E-state index contributed by atoms with van der Waals surface area (Å²) >= 11 is 6.57. The minimum atomic E-state index is -0.237. The van der Waals surface area contributed by atoms with Gasteiger partial charge >= 0.3 is 0 Å². The van der Waals surface area contributed by atoms with Crippen LogP contribution < -0.4 is 4.90 Å². The molecule has 2 aliphatic heterocycles. The van der Waals surface area contributed by atoms with Crippen molar-refractivity contribution in [2.24, 2.45) is 0 Å². The number of amides is 1. The average molecular weight is 615 g/mol. The van der Waals surface area contributed by atoms with Crippen molar-refractivity contribution in [1.82, 2.24) is 4.90 Å². The number of carbonyl (C=O) groups excluding carboxylic acids is 2. The maximum absolute atomic E-state index is 12.9. The fraction of sp³-hybridized carbons (Fsp3) is 0.162. The molecule has 1 saturated carbocycles. The van der Waals surface area contributed by atoms with Crippen molar-refractivity contribution in [3.63, 3.8) is 0 Å². The van der Waals surface area contributed by atoms with Gasteiger partial charge < -0.3 is 9.64 Å². The molecule has 44 heavy (non-hydrogen) atoms. The summed E-state index contributed by atoms with van der Waals surface area (Å²) < 4.78 is 5.17.